The van der Waals surface area contributed by atoms with Crippen LogP contribution in [0.3, 0.4) is 0 Å². The van der Waals surface area contributed by atoms with Gasteiger partial charge in [0, 0.05) is 56.2 Å². The molecule has 2 amide bonds. The third-order valence-corrected chi connectivity index (χ3v) is 7.18. The van der Waals surface area contributed by atoms with E-state index < -0.39 is 0 Å². The number of carbonyl (C=O) groups excluding carboxylic acids is 2. The lowest BCUT2D eigenvalue weighted by Gasteiger charge is -2.18. The van der Waals surface area contributed by atoms with Crippen LogP contribution in [0, 0.1) is 0 Å². The number of aromatic nitrogens is 2. The smallest absolute Gasteiger partial charge is 0.224 e. The van der Waals surface area contributed by atoms with E-state index in [0.717, 1.165) is 21.2 Å². The highest BCUT2D eigenvalue weighted by Crippen LogP contribution is 2.31. The molecule has 0 saturated carbocycles. The summed E-state index contributed by atoms with van der Waals surface area (Å²) in [5, 5.41) is 8.36. The molecule has 0 radical (unpaired) electrons. The minimum atomic E-state index is -0.130. The maximum Gasteiger partial charge on any atom is 0.224 e. The topological polar surface area (TPSA) is 134 Å². The molecule has 2 saturated heterocycles. The lowest BCUT2D eigenvalue weighted by atomic mass is 10.1. The number of hydrogen-bond donors (Lipinski definition) is 3. The fraction of sp³-hybridized carbons (Fsp3) is 0.333. The Labute approximate surface area is 221 Å². The Kier molecular flexibility index (Phi) is 6.62. The van der Waals surface area contributed by atoms with Crippen molar-refractivity contribution in [2.45, 2.75) is 31.5 Å². The van der Waals surface area contributed by atoms with Crippen LogP contribution in [-0.2, 0) is 16.1 Å². The SMILES string of the molecule is CN1CC(Nc2c(/C(N)=N/c3ccc(CN4CC(N)CC4=O)cc3Cl)cnn3cc(Br)cc23)CC1=O. The monoisotopic (exact) mass is 572 g/mol. The van der Waals surface area contributed by atoms with E-state index in [1.165, 1.54) is 0 Å². The Morgan fingerprint density at radius 3 is 2.72 bits per heavy atom. The first-order valence-electron chi connectivity index (χ1n) is 11.5. The summed E-state index contributed by atoms with van der Waals surface area (Å²) in [6.07, 6.45) is 4.24. The third-order valence-electron chi connectivity index (χ3n) is 6.44. The minimum absolute atomic E-state index is 0.0417. The minimum Gasteiger partial charge on any atom is -0.383 e. The Hall–Kier alpha value is -3.15. The van der Waals surface area contributed by atoms with E-state index >= 15 is 0 Å². The molecule has 36 heavy (non-hydrogen) atoms. The molecule has 4 heterocycles. The number of benzene rings is 1. The predicted octanol–water partition coefficient (Wildman–Crippen LogP) is 2.49. The van der Waals surface area contributed by atoms with Gasteiger partial charge in [-0.2, -0.15) is 5.10 Å². The van der Waals surface area contributed by atoms with Gasteiger partial charge in [0.15, 0.2) is 0 Å². The number of anilines is 1. The Bertz CT molecular complexity index is 1390. The fourth-order valence-electron chi connectivity index (χ4n) is 4.64. The first-order chi connectivity index (χ1) is 17.2. The number of amidine groups is 1. The summed E-state index contributed by atoms with van der Waals surface area (Å²) < 4.78 is 2.60. The van der Waals surface area contributed by atoms with Gasteiger partial charge < -0.3 is 26.6 Å². The fourth-order valence-corrected chi connectivity index (χ4v) is 5.30. The van der Waals surface area contributed by atoms with Gasteiger partial charge in [0.2, 0.25) is 11.8 Å². The van der Waals surface area contributed by atoms with Gasteiger partial charge in [-0.15, -0.1) is 0 Å². The highest BCUT2D eigenvalue weighted by molar-refractivity contribution is 9.10. The van der Waals surface area contributed by atoms with E-state index in [-0.39, 0.29) is 29.7 Å². The number of carbonyl (C=O) groups is 2. The van der Waals surface area contributed by atoms with Gasteiger partial charge in [-0.05, 0) is 39.7 Å². The Morgan fingerprint density at radius 1 is 1.25 bits per heavy atom. The van der Waals surface area contributed by atoms with Crippen LogP contribution in [0.15, 0.2) is 46.1 Å². The van der Waals surface area contributed by atoms with Gasteiger partial charge in [0.05, 0.1) is 39.7 Å². The van der Waals surface area contributed by atoms with Crippen molar-refractivity contribution in [2.75, 3.05) is 25.5 Å². The molecule has 2 aromatic heterocycles. The van der Waals surface area contributed by atoms with Crippen molar-refractivity contribution in [3.63, 3.8) is 0 Å². The zero-order valence-electron chi connectivity index (χ0n) is 19.6. The van der Waals surface area contributed by atoms with Gasteiger partial charge in [-0.25, -0.2) is 9.51 Å². The Balaban J connectivity index is 1.44. The molecule has 0 bridgehead atoms. The van der Waals surface area contributed by atoms with Crippen molar-refractivity contribution in [3.8, 4) is 0 Å². The highest BCUT2D eigenvalue weighted by Gasteiger charge is 2.29. The number of rotatable bonds is 6. The molecule has 3 aromatic rings. The first kappa shape index (κ1) is 24.5. The molecule has 0 spiro atoms. The molecule has 0 aliphatic carbocycles. The van der Waals surface area contributed by atoms with Crippen LogP contribution < -0.4 is 16.8 Å². The lowest BCUT2D eigenvalue weighted by molar-refractivity contribution is -0.128. The molecule has 2 aliphatic heterocycles. The maximum absolute atomic E-state index is 12.1. The van der Waals surface area contributed by atoms with Crippen LogP contribution in [0.2, 0.25) is 5.02 Å². The summed E-state index contributed by atoms with van der Waals surface area (Å²) >= 11 is 10.0. The van der Waals surface area contributed by atoms with Gasteiger partial charge in [-0.3, -0.25) is 9.59 Å². The van der Waals surface area contributed by atoms with Crippen molar-refractivity contribution >= 4 is 62.1 Å². The third kappa shape index (κ3) is 4.91. The van der Waals surface area contributed by atoms with Crippen LogP contribution in [0.25, 0.3) is 5.52 Å². The Morgan fingerprint density at radius 2 is 2.06 bits per heavy atom. The number of aliphatic imine (C=N–C) groups is 1. The van der Waals surface area contributed by atoms with Crippen LogP contribution >= 0.6 is 27.5 Å². The number of nitrogens with zero attached hydrogens (tertiary/aromatic N) is 5. The predicted molar refractivity (Wildman–Crippen MR) is 142 cm³/mol. The second-order valence-corrected chi connectivity index (χ2v) is 10.6. The molecular weight excluding hydrogens is 548 g/mol. The van der Waals surface area contributed by atoms with Gasteiger partial charge in [0.1, 0.15) is 5.84 Å². The summed E-state index contributed by atoms with van der Waals surface area (Å²) in [7, 11) is 1.79. The molecule has 2 unspecified atom stereocenters. The summed E-state index contributed by atoms with van der Waals surface area (Å²) in [5.41, 5.74) is 15.9. The van der Waals surface area contributed by atoms with Crippen molar-refractivity contribution in [3.05, 3.63) is 57.3 Å². The average Bonchev–Trinajstić information content (AvgIpc) is 3.45. The summed E-state index contributed by atoms with van der Waals surface area (Å²) in [4.78, 5) is 32.2. The number of amides is 2. The second-order valence-electron chi connectivity index (χ2n) is 9.26. The number of halogens is 2. The van der Waals surface area contributed by atoms with Gasteiger partial charge >= 0.3 is 0 Å². The first-order valence-corrected chi connectivity index (χ1v) is 12.7. The van der Waals surface area contributed by atoms with Gasteiger partial charge in [0.25, 0.3) is 0 Å². The number of likely N-dealkylation sites (N-methyl/N-ethyl adjacent to an activating group) is 1. The number of nitrogens with two attached hydrogens (primary N) is 2. The van der Waals surface area contributed by atoms with Crippen molar-refractivity contribution in [2.24, 2.45) is 16.5 Å². The summed E-state index contributed by atoms with van der Waals surface area (Å²) in [6.45, 7) is 1.56. The number of nitrogens with one attached hydrogen (secondary N) is 1. The lowest BCUT2D eigenvalue weighted by Crippen LogP contribution is -2.27. The molecule has 1 aromatic carbocycles. The van der Waals surface area contributed by atoms with E-state index in [1.54, 1.807) is 39.7 Å². The summed E-state index contributed by atoms with van der Waals surface area (Å²) in [6, 6.07) is 7.17. The molecule has 188 valence electrons. The number of fused-ring (bicyclic) bond motifs is 1. The zero-order chi connectivity index (χ0) is 25.6. The van der Waals surface area contributed by atoms with Crippen molar-refractivity contribution < 1.29 is 9.59 Å². The van der Waals surface area contributed by atoms with E-state index in [9.17, 15) is 9.59 Å². The molecular formula is C24H26BrClN8O2. The summed E-state index contributed by atoms with van der Waals surface area (Å²) in [5.74, 6) is 0.361. The molecule has 5 N–H and O–H groups in total. The second kappa shape index (κ2) is 9.72. The van der Waals surface area contributed by atoms with E-state index in [4.69, 9.17) is 23.1 Å². The van der Waals surface area contributed by atoms with E-state index in [1.807, 2.05) is 18.3 Å². The van der Waals surface area contributed by atoms with Crippen molar-refractivity contribution in [1.29, 1.82) is 0 Å². The maximum atomic E-state index is 12.1. The standard InChI is InChI=1S/C24H26BrClN8O2/c1-32-12-16(7-21(32)35)30-23-17(8-29-34-10-14(25)5-20(23)34)24(28)31-19-3-2-13(4-18(19)26)9-33-11-15(27)6-22(33)36/h2-5,8,10,15-16,30H,6-7,9,11-12,27H2,1H3,(H2,28,31). The van der Waals surface area contributed by atoms with Crippen LogP contribution in [0.5, 0.6) is 0 Å². The zero-order valence-corrected chi connectivity index (χ0v) is 22.0. The average molecular weight is 574 g/mol. The molecule has 2 fully saturated rings. The van der Waals surface area contributed by atoms with Crippen LogP contribution in [0.1, 0.15) is 24.0 Å². The molecule has 10 nitrogen and oxygen atoms in total. The number of hydrogen-bond acceptors (Lipinski definition) is 6. The van der Waals surface area contributed by atoms with Crippen LogP contribution in [0.4, 0.5) is 11.4 Å². The molecule has 5 rings (SSSR count). The quantitative estimate of drug-likeness (QED) is 0.306. The number of likely N-dealkylation sites (tertiary alicyclic amines) is 2. The highest BCUT2D eigenvalue weighted by atomic mass is 79.9. The van der Waals surface area contributed by atoms with E-state index in [0.29, 0.717) is 48.7 Å². The molecule has 12 heteroatoms. The van der Waals surface area contributed by atoms with Crippen LogP contribution in [-0.4, -0.2) is 69.3 Å². The molecule has 2 aliphatic rings. The van der Waals surface area contributed by atoms with Crippen molar-refractivity contribution in [1.82, 2.24) is 19.4 Å². The van der Waals surface area contributed by atoms with Gasteiger partial charge in [-0.1, -0.05) is 17.7 Å². The normalized spacial score (nSPS) is 20.7. The largest absolute Gasteiger partial charge is 0.383 e. The molecule has 2 atom stereocenters. The van der Waals surface area contributed by atoms with E-state index in [2.05, 4.69) is 31.3 Å².